The summed E-state index contributed by atoms with van der Waals surface area (Å²) in [7, 11) is 0. The SMILES string of the molecule is CC1(C)O[C@@H]2[C@H](O1)[C@@H](Nc1cncc(C(F)(F)F)n1)CO[C@@H]2CI. The third-order valence-corrected chi connectivity index (χ3v) is 4.69. The van der Waals surface area contributed by atoms with Crippen LogP contribution in [0.2, 0.25) is 0 Å². The van der Waals surface area contributed by atoms with E-state index in [-0.39, 0.29) is 36.8 Å². The van der Waals surface area contributed by atoms with E-state index in [0.29, 0.717) is 6.20 Å². The number of halogens is 4. The van der Waals surface area contributed by atoms with Gasteiger partial charge in [-0.2, -0.15) is 13.2 Å². The molecule has 0 bridgehead atoms. The molecule has 4 atom stereocenters. The van der Waals surface area contributed by atoms with Gasteiger partial charge in [-0.1, -0.05) is 22.6 Å². The molecule has 2 aliphatic heterocycles. The number of aromatic nitrogens is 2. The molecule has 0 spiro atoms. The van der Waals surface area contributed by atoms with Crippen molar-refractivity contribution in [1.82, 2.24) is 9.97 Å². The maximum atomic E-state index is 12.8. The minimum Gasteiger partial charge on any atom is -0.372 e. The number of hydrogen-bond donors (Lipinski definition) is 1. The molecule has 1 aromatic heterocycles. The van der Waals surface area contributed by atoms with Gasteiger partial charge in [0.05, 0.1) is 31.1 Å². The van der Waals surface area contributed by atoms with Crippen molar-refractivity contribution in [3.05, 3.63) is 18.1 Å². The van der Waals surface area contributed by atoms with Crippen molar-refractivity contribution >= 4 is 28.4 Å². The molecule has 6 nitrogen and oxygen atoms in total. The number of ether oxygens (including phenoxy) is 3. The molecule has 2 aliphatic rings. The first-order valence-corrected chi connectivity index (χ1v) is 8.91. The Balaban J connectivity index is 1.78. The molecule has 3 rings (SSSR count). The van der Waals surface area contributed by atoms with Crippen LogP contribution in [0.5, 0.6) is 0 Å². The van der Waals surface area contributed by atoms with E-state index in [1.54, 1.807) is 13.8 Å². The first kappa shape index (κ1) is 18.1. The van der Waals surface area contributed by atoms with E-state index in [4.69, 9.17) is 14.2 Å². The summed E-state index contributed by atoms with van der Waals surface area (Å²) in [6, 6.07) is -0.381. The first-order valence-electron chi connectivity index (χ1n) is 7.38. The molecule has 0 aliphatic carbocycles. The molecule has 24 heavy (non-hydrogen) atoms. The second kappa shape index (κ2) is 6.54. The maximum Gasteiger partial charge on any atom is 0.434 e. The van der Waals surface area contributed by atoms with Gasteiger partial charge >= 0.3 is 6.18 Å². The van der Waals surface area contributed by atoms with Crippen molar-refractivity contribution in [3.8, 4) is 0 Å². The highest BCUT2D eigenvalue weighted by Crippen LogP contribution is 2.37. The van der Waals surface area contributed by atoms with Gasteiger partial charge in [0.2, 0.25) is 0 Å². The highest BCUT2D eigenvalue weighted by molar-refractivity contribution is 14.1. The number of nitrogens with zero attached hydrogens (tertiary/aromatic N) is 2. The average molecular weight is 459 g/mol. The van der Waals surface area contributed by atoms with E-state index in [0.717, 1.165) is 4.43 Å². The maximum absolute atomic E-state index is 12.8. The summed E-state index contributed by atoms with van der Waals surface area (Å²) in [5, 5.41) is 2.94. The van der Waals surface area contributed by atoms with Crippen LogP contribution in [0.3, 0.4) is 0 Å². The number of nitrogens with one attached hydrogen (secondary N) is 1. The predicted molar refractivity (Wildman–Crippen MR) is 86.9 cm³/mol. The van der Waals surface area contributed by atoms with Crippen LogP contribution < -0.4 is 5.32 Å². The molecule has 2 saturated heterocycles. The molecule has 0 aromatic carbocycles. The van der Waals surface area contributed by atoms with E-state index in [9.17, 15) is 13.2 Å². The molecule has 1 N–H and O–H groups in total. The van der Waals surface area contributed by atoms with Crippen LogP contribution in [0.1, 0.15) is 19.5 Å². The minimum atomic E-state index is -4.54. The summed E-state index contributed by atoms with van der Waals surface area (Å²) in [5.74, 6) is -0.745. The fraction of sp³-hybridized carbons (Fsp3) is 0.714. The van der Waals surface area contributed by atoms with E-state index < -0.39 is 17.7 Å². The van der Waals surface area contributed by atoms with Gasteiger partial charge in [0.1, 0.15) is 18.0 Å². The summed E-state index contributed by atoms with van der Waals surface area (Å²) in [4.78, 5) is 7.18. The highest BCUT2D eigenvalue weighted by Gasteiger charge is 2.51. The van der Waals surface area contributed by atoms with Gasteiger partial charge in [-0.25, -0.2) is 4.98 Å². The van der Waals surface area contributed by atoms with Crippen molar-refractivity contribution in [1.29, 1.82) is 0 Å². The summed E-state index contributed by atoms with van der Waals surface area (Å²) < 4.78 is 56.6. The smallest absolute Gasteiger partial charge is 0.372 e. The molecule has 3 heterocycles. The average Bonchev–Trinajstić information content (AvgIpc) is 2.83. The van der Waals surface area contributed by atoms with E-state index in [2.05, 4.69) is 37.9 Å². The topological polar surface area (TPSA) is 65.5 Å². The Morgan fingerprint density at radius 3 is 2.67 bits per heavy atom. The Morgan fingerprint density at radius 1 is 1.29 bits per heavy atom. The second-order valence-electron chi connectivity index (χ2n) is 6.13. The molecule has 0 radical (unpaired) electrons. The Hall–Kier alpha value is -0.720. The van der Waals surface area contributed by atoms with E-state index in [1.165, 1.54) is 6.20 Å². The van der Waals surface area contributed by atoms with Crippen LogP contribution in [0.25, 0.3) is 0 Å². The molecule has 0 amide bonds. The molecule has 2 fully saturated rings. The Labute approximate surface area is 150 Å². The van der Waals surface area contributed by atoms with E-state index in [1.807, 2.05) is 0 Å². The molecule has 1 aromatic rings. The largest absolute Gasteiger partial charge is 0.434 e. The third-order valence-electron chi connectivity index (χ3n) is 3.83. The lowest BCUT2D eigenvalue weighted by Gasteiger charge is -2.36. The van der Waals surface area contributed by atoms with Gasteiger partial charge in [0.15, 0.2) is 11.5 Å². The normalized spacial score (nSPS) is 32.4. The molecule has 134 valence electrons. The van der Waals surface area contributed by atoms with Gasteiger partial charge in [-0.05, 0) is 13.8 Å². The fourth-order valence-corrected chi connectivity index (χ4v) is 3.61. The number of alkyl halides is 4. The van der Waals surface area contributed by atoms with Crippen molar-refractivity contribution in [2.75, 3.05) is 16.4 Å². The van der Waals surface area contributed by atoms with Crippen LogP contribution in [0.15, 0.2) is 12.4 Å². The predicted octanol–water partition coefficient (Wildman–Crippen LogP) is 2.63. The molecule has 10 heteroatoms. The lowest BCUT2D eigenvalue weighted by Crippen LogP contribution is -2.54. The van der Waals surface area contributed by atoms with Crippen LogP contribution in [0, 0.1) is 0 Å². The molecular formula is C14H17F3IN3O3. The number of hydrogen-bond acceptors (Lipinski definition) is 6. The summed E-state index contributed by atoms with van der Waals surface area (Å²) in [6.07, 6.45) is -3.36. The highest BCUT2D eigenvalue weighted by atomic mass is 127. The summed E-state index contributed by atoms with van der Waals surface area (Å²) in [5.41, 5.74) is -1.05. The minimum absolute atomic E-state index is 0.0263. The lowest BCUT2D eigenvalue weighted by atomic mass is 9.99. The summed E-state index contributed by atoms with van der Waals surface area (Å²) >= 11 is 2.21. The molecule has 0 saturated carbocycles. The van der Waals surface area contributed by atoms with Gasteiger partial charge in [-0.15, -0.1) is 0 Å². The third kappa shape index (κ3) is 3.75. The quantitative estimate of drug-likeness (QED) is 0.554. The number of rotatable bonds is 3. The monoisotopic (exact) mass is 459 g/mol. The summed E-state index contributed by atoms with van der Waals surface area (Å²) in [6.45, 7) is 3.89. The fourth-order valence-electron chi connectivity index (χ4n) is 2.85. The number of fused-ring (bicyclic) bond motifs is 1. The number of anilines is 1. The Morgan fingerprint density at radius 2 is 2.00 bits per heavy atom. The van der Waals surface area contributed by atoms with Crippen LogP contribution in [-0.4, -0.2) is 51.1 Å². The standard InChI is InChI=1S/C14H17F3IN3O3/c1-13(2)23-11-7(6-22-8(3-18)12(11)24-13)20-10-5-19-4-9(21-10)14(15,16)17/h4-5,7-8,11-12H,3,6H2,1-2H3,(H,20,21)/t7-,8+,11+,12-/m0/s1. The van der Waals surface area contributed by atoms with Gasteiger partial charge in [0, 0.05) is 4.43 Å². The van der Waals surface area contributed by atoms with Crippen molar-refractivity contribution in [2.24, 2.45) is 0 Å². The van der Waals surface area contributed by atoms with Crippen molar-refractivity contribution in [2.45, 2.75) is 50.2 Å². The van der Waals surface area contributed by atoms with Gasteiger partial charge in [0.25, 0.3) is 0 Å². The molecule has 0 unspecified atom stereocenters. The Kier molecular flexibility index (Phi) is 4.93. The zero-order valence-corrected chi connectivity index (χ0v) is 15.2. The second-order valence-corrected chi connectivity index (χ2v) is 7.01. The van der Waals surface area contributed by atoms with Crippen LogP contribution >= 0.6 is 22.6 Å². The van der Waals surface area contributed by atoms with Crippen molar-refractivity contribution in [3.63, 3.8) is 0 Å². The van der Waals surface area contributed by atoms with Crippen LogP contribution in [-0.2, 0) is 20.4 Å². The first-order chi connectivity index (χ1) is 11.2. The zero-order valence-electron chi connectivity index (χ0n) is 13.0. The lowest BCUT2D eigenvalue weighted by molar-refractivity contribution is -0.151. The van der Waals surface area contributed by atoms with Gasteiger partial charge < -0.3 is 19.5 Å². The van der Waals surface area contributed by atoms with Crippen molar-refractivity contribution < 1.29 is 27.4 Å². The van der Waals surface area contributed by atoms with Crippen LogP contribution in [0.4, 0.5) is 19.0 Å². The molecular weight excluding hydrogens is 442 g/mol. The Bertz CT molecular complexity index is 602. The van der Waals surface area contributed by atoms with E-state index >= 15 is 0 Å². The van der Waals surface area contributed by atoms with Gasteiger partial charge in [-0.3, -0.25) is 4.98 Å². The zero-order chi connectivity index (χ0) is 17.5.